The predicted molar refractivity (Wildman–Crippen MR) is 126 cm³/mol. The van der Waals surface area contributed by atoms with Crippen LogP contribution in [0.4, 0.5) is 0 Å². The molecule has 1 aliphatic rings. The zero-order chi connectivity index (χ0) is 23.5. The molecule has 0 saturated carbocycles. The first-order chi connectivity index (χ1) is 16.6. The van der Waals surface area contributed by atoms with Gasteiger partial charge in [-0.1, -0.05) is 60.7 Å². The molecule has 1 saturated heterocycles. The van der Waals surface area contributed by atoms with Gasteiger partial charge in [0, 0.05) is 5.56 Å². The number of amides is 1. The number of likely N-dealkylation sites (tertiary alicyclic amines) is 1. The Morgan fingerprint density at radius 3 is 2.26 bits per heavy atom. The van der Waals surface area contributed by atoms with Gasteiger partial charge in [0.1, 0.15) is 23.0 Å². The minimum Gasteiger partial charge on any atom is -0.507 e. The zero-order valence-corrected chi connectivity index (χ0v) is 18.1. The summed E-state index contributed by atoms with van der Waals surface area (Å²) in [6.45, 7) is 0.0809. The second-order valence-corrected chi connectivity index (χ2v) is 7.86. The molecule has 1 atom stereocenters. The normalized spacial score (nSPS) is 17.2. The van der Waals surface area contributed by atoms with E-state index in [9.17, 15) is 14.7 Å². The molecular weight excluding hydrogens is 430 g/mol. The third-order valence-corrected chi connectivity index (χ3v) is 5.65. The molecule has 4 aromatic rings. The van der Waals surface area contributed by atoms with Crippen LogP contribution < -0.4 is 4.74 Å². The van der Waals surface area contributed by atoms with Gasteiger partial charge in [0.05, 0.1) is 24.4 Å². The number of para-hydroxylation sites is 1. The van der Waals surface area contributed by atoms with E-state index in [1.165, 1.54) is 11.2 Å². The molecule has 6 heteroatoms. The average Bonchev–Trinajstić information content (AvgIpc) is 3.47. The minimum atomic E-state index is -0.815. The smallest absolute Gasteiger partial charge is 0.296 e. The molecule has 2 heterocycles. The van der Waals surface area contributed by atoms with Crippen LogP contribution in [0.15, 0.2) is 113 Å². The Kier molecular flexibility index (Phi) is 5.70. The molecule has 168 valence electrons. The summed E-state index contributed by atoms with van der Waals surface area (Å²) >= 11 is 0. The molecule has 34 heavy (non-hydrogen) atoms. The third kappa shape index (κ3) is 4.09. The maximum atomic E-state index is 13.1. The lowest BCUT2D eigenvalue weighted by molar-refractivity contribution is -0.140. The van der Waals surface area contributed by atoms with Crippen molar-refractivity contribution in [2.75, 3.05) is 0 Å². The van der Waals surface area contributed by atoms with Gasteiger partial charge in [-0.3, -0.25) is 9.59 Å². The van der Waals surface area contributed by atoms with Crippen molar-refractivity contribution in [2.24, 2.45) is 0 Å². The van der Waals surface area contributed by atoms with E-state index in [0.29, 0.717) is 28.4 Å². The van der Waals surface area contributed by atoms with Gasteiger partial charge in [0.2, 0.25) is 0 Å². The first kappa shape index (κ1) is 21.3. The summed E-state index contributed by atoms with van der Waals surface area (Å²) in [5.41, 5.74) is 1.12. The van der Waals surface area contributed by atoms with Gasteiger partial charge in [-0.05, 0) is 42.0 Å². The van der Waals surface area contributed by atoms with Crippen molar-refractivity contribution in [3.05, 3.63) is 126 Å². The molecule has 6 nitrogen and oxygen atoms in total. The minimum absolute atomic E-state index is 0.0274. The van der Waals surface area contributed by atoms with Crippen LogP contribution in [0.3, 0.4) is 0 Å². The SMILES string of the molecule is O=C1C(=O)N(Cc2ccco2)C(c2cccc(Oc3ccccc3)c2)C1=C(O)c1ccccc1. The first-order valence-corrected chi connectivity index (χ1v) is 10.8. The van der Waals surface area contributed by atoms with Crippen molar-refractivity contribution >= 4 is 17.4 Å². The van der Waals surface area contributed by atoms with E-state index in [0.717, 1.165) is 0 Å². The molecule has 0 spiro atoms. The summed E-state index contributed by atoms with van der Waals surface area (Å²) in [4.78, 5) is 27.7. The molecular formula is C28H21NO5. The van der Waals surface area contributed by atoms with Gasteiger partial charge in [-0.2, -0.15) is 0 Å². The average molecular weight is 451 g/mol. The number of benzene rings is 3. The highest BCUT2D eigenvalue weighted by Crippen LogP contribution is 2.41. The van der Waals surface area contributed by atoms with Crippen molar-refractivity contribution in [2.45, 2.75) is 12.6 Å². The summed E-state index contributed by atoms with van der Waals surface area (Å²) in [5, 5.41) is 11.1. The number of ether oxygens (including phenoxy) is 1. The second-order valence-electron chi connectivity index (χ2n) is 7.86. The van der Waals surface area contributed by atoms with Crippen molar-refractivity contribution in [3.63, 3.8) is 0 Å². The van der Waals surface area contributed by atoms with Gasteiger partial charge in [-0.25, -0.2) is 0 Å². The molecule has 1 amide bonds. The van der Waals surface area contributed by atoms with Gasteiger partial charge < -0.3 is 19.2 Å². The van der Waals surface area contributed by atoms with Crippen molar-refractivity contribution in [3.8, 4) is 11.5 Å². The summed E-state index contributed by atoms with van der Waals surface area (Å²) in [5.74, 6) is 0.0738. The molecule has 0 bridgehead atoms. The quantitative estimate of drug-likeness (QED) is 0.231. The van der Waals surface area contributed by atoms with Crippen LogP contribution in [0.25, 0.3) is 5.76 Å². The number of nitrogens with zero attached hydrogens (tertiary/aromatic N) is 1. The maximum absolute atomic E-state index is 13.1. The zero-order valence-electron chi connectivity index (χ0n) is 18.1. The van der Waals surface area contributed by atoms with Crippen molar-refractivity contribution in [1.82, 2.24) is 4.90 Å². The highest BCUT2D eigenvalue weighted by atomic mass is 16.5. The van der Waals surface area contributed by atoms with Gasteiger partial charge >= 0.3 is 0 Å². The summed E-state index contributed by atoms with van der Waals surface area (Å²) in [6.07, 6.45) is 1.51. The standard InChI is InChI=1S/C28H21NO5/c30-26(19-9-3-1-4-10-19)24-25(29(28(32)27(24)31)18-23-15-8-16-33-23)20-11-7-14-22(17-20)34-21-12-5-2-6-13-21/h1-17,25,30H,18H2. The van der Waals surface area contributed by atoms with Crippen LogP contribution in [0.2, 0.25) is 0 Å². The molecule has 0 aliphatic carbocycles. The summed E-state index contributed by atoms with van der Waals surface area (Å²) in [6, 6.07) is 27.9. The van der Waals surface area contributed by atoms with Gasteiger partial charge in [0.25, 0.3) is 11.7 Å². The Morgan fingerprint density at radius 1 is 0.853 bits per heavy atom. The Labute approximate surface area is 196 Å². The fourth-order valence-corrected chi connectivity index (χ4v) is 4.08. The predicted octanol–water partition coefficient (Wildman–Crippen LogP) is 5.69. The molecule has 0 radical (unpaired) electrons. The number of rotatable bonds is 6. The lowest BCUT2D eigenvalue weighted by Crippen LogP contribution is -2.29. The third-order valence-electron chi connectivity index (χ3n) is 5.65. The molecule has 1 unspecified atom stereocenters. The number of carbonyl (C=O) groups is 2. The Bertz CT molecular complexity index is 1340. The molecule has 5 rings (SSSR count). The molecule has 1 fully saturated rings. The number of aliphatic hydroxyl groups excluding tert-OH is 1. The van der Waals surface area contributed by atoms with E-state index in [-0.39, 0.29) is 17.9 Å². The van der Waals surface area contributed by atoms with Crippen molar-refractivity contribution < 1.29 is 23.8 Å². The Morgan fingerprint density at radius 2 is 1.56 bits per heavy atom. The van der Waals surface area contributed by atoms with Crippen molar-refractivity contribution in [1.29, 1.82) is 0 Å². The summed E-state index contributed by atoms with van der Waals surface area (Å²) < 4.78 is 11.4. The molecule has 1 aliphatic heterocycles. The maximum Gasteiger partial charge on any atom is 0.296 e. The van der Waals surface area contributed by atoms with Crippen LogP contribution in [-0.4, -0.2) is 21.7 Å². The van der Waals surface area contributed by atoms with Crippen LogP contribution in [0.5, 0.6) is 11.5 Å². The van der Waals surface area contributed by atoms with E-state index >= 15 is 0 Å². The number of aliphatic hydroxyl groups is 1. The number of Topliss-reactive ketones (excluding diaryl/α,β-unsaturated/α-hetero) is 1. The largest absolute Gasteiger partial charge is 0.507 e. The van der Waals surface area contributed by atoms with Crippen LogP contribution in [-0.2, 0) is 16.1 Å². The highest BCUT2D eigenvalue weighted by Gasteiger charge is 2.46. The Hall–Kier alpha value is -4.58. The molecule has 1 aromatic heterocycles. The van der Waals surface area contributed by atoms with Crippen LogP contribution >= 0.6 is 0 Å². The van der Waals surface area contributed by atoms with E-state index in [2.05, 4.69) is 0 Å². The van der Waals surface area contributed by atoms with E-state index in [1.54, 1.807) is 54.6 Å². The van der Waals surface area contributed by atoms with E-state index < -0.39 is 17.7 Å². The van der Waals surface area contributed by atoms with Crippen LogP contribution in [0.1, 0.15) is 22.9 Å². The number of hydrogen-bond donors (Lipinski definition) is 1. The van der Waals surface area contributed by atoms with Gasteiger partial charge in [0.15, 0.2) is 0 Å². The fourth-order valence-electron chi connectivity index (χ4n) is 4.08. The first-order valence-electron chi connectivity index (χ1n) is 10.8. The number of furan rings is 1. The number of carbonyl (C=O) groups excluding carboxylic acids is 2. The van der Waals surface area contributed by atoms with Crippen LogP contribution in [0, 0.1) is 0 Å². The lowest BCUT2D eigenvalue weighted by Gasteiger charge is -2.25. The van der Waals surface area contributed by atoms with Gasteiger partial charge in [-0.15, -0.1) is 0 Å². The summed E-state index contributed by atoms with van der Waals surface area (Å²) in [7, 11) is 0. The molecule has 1 N–H and O–H groups in total. The second kappa shape index (κ2) is 9.11. The highest BCUT2D eigenvalue weighted by molar-refractivity contribution is 6.46. The topological polar surface area (TPSA) is 80.0 Å². The van der Waals surface area contributed by atoms with E-state index in [4.69, 9.17) is 9.15 Å². The fraction of sp³-hybridized carbons (Fsp3) is 0.0714. The van der Waals surface area contributed by atoms with E-state index in [1.807, 2.05) is 42.5 Å². The molecule has 3 aromatic carbocycles. The number of ketones is 1. The number of hydrogen-bond acceptors (Lipinski definition) is 5. The Balaban J connectivity index is 1.61. The monoisotopic (exact) mass is 451 g/mol. The lowest BCUT2D eigenvalue weighted by atomic mass is 9.95.